The Labute approximate surface area is 93.3 Å². The quantitative estimate of drug-likeness (QED) is 0.604. The van der Waals surface area contributed by atoms with Gasteiger partial charge in [0.2, 0.25) is 0 Å². The fourth-order valence-electron chi connectivity index (χ4n) is 1.23. The maximum absolute atomic E-state index is 10.4. The molecule has 16 heavy (non-hydrogen) atoms. The topological polar surface area (TPSA) is 88.0 Å². The Bertz CT molecular complexity index is 420. The van der Waals surface area contributed by atoms with Gasteiger partial charge in [0, 0.05) is 5.57 Å². The van der Waals surface area contributed by atoms with Crippen LogP contribution in [0, 0.1) is 0 Å². The van der Waals surface area contributed by atoms with Gasteiger partial charge in [0.1, 0.15) is 0 Å². The lowest BCUT2D eigenvalue weighted by Gasteiger charge is -2.05. The van der Waals surface area contributed by atoms with Gasteiger partial charge in [-0.15, -0.1) is 0 Å². The number of azo groups is 1. The van der Waals surface area contributed by atoms with Crippen molar-refractivity contribution in [3.8, 4) is 0 Å². The Morgan fingerprint density at radius 1 is 1.38 bits per heavy atom. The average molecular weight is 219 g/mol. The number of carbonyl (C=O) groups is 1. The van der Waals surface area contributed by atoms with Crippen molar-refractivity contribution in [1.29, 1.82) is 0 Å². The molecule has 0 bridgehead atoms. The van der Waals surface area contributed by atoms with Gasteiger partial charge in [0.15, 0.2) is 0 Å². The van der Waals surface area contributed by atoms with Crippen molar-refractivity contribution < 1.29 is 9.90 Å². The van der Waals surface area contributed by atoms with Gasteiger partial charge in [-0.3, -0.25) is 0 Å². The number of nitrogens with two attached hydrogens (primary N) is 1. The second-order valence-electron chi connectivity index (χ2n) is 3.17. The van der Waals surface area contributed by atoms with Crippen LogP contribution in [0.1, 0.15) is 12.5 Å². The first kappa shape index (κ1) is 11.9. The number of aliphatic hydroxyl groups is 1. The van der Waals surface area contributed by atoms with Crippen molar-refractivity contribution in [2.24, 2.45) is 16.0 Å². The monoisotopic (exact) mass is 219 g/mol. The van der Waals surface area contributed by atoms with E-state index in [1.807, 2.05) is 30.3 Å². The normalized spacial score (nSPS) is 12.6. The predicted molar refractivity (Wildman–Crippen MR) is 61.0 cm³/mol. The molecule has 0 saturated heterocycles. The lowest BCUT2D eigenvalue weighted by atomic mass is 10.1. The van der Waals surface area contributed by atoms with Crippen LogP contribution in [0.15, 0.2) is 46.3 Å². The van der Waals surface area contributed by atoms with Crippen molar-refractivity contribution >= 4 is 11.6 Å². The number of rotatable bonds is 3. The number of primary amides is 1. The van der Waals surface area contributed by atoms with Crippen LogP contribution in [-0.4, -0.2) is 17.7 Å². The Morgan fingerprint density at radius 2 is 2.00 bits per heavy atom. The lowest BCUT2D eigenvalue weighted by Crippen LogP contribution is -2.03. The first-order valence-electron chi connectivity index (χ1n) is 4.72. The minimum Gasteiger partial charge on any atom is -0.512 e. The molecule has 0 aliphatic rings. The van der Waals surface area contributed by atoms with Gasteiger partial charge in [0.25, 0.3) is 0 Å². The van der Waals surface area contributed by atoms with E-state index in [0.717, 1.165) is 5.56 Å². The summed E-state index contributed by atoms with van der Waals surface area (Å²) in [6.45, 7) is 1.68. The summed E-state index contributed by atoms with van der Waals surface area (Å²) < 4.78 is 0. The number of hydrogen-bond donors (Lipinski definition) is 2. The van der Waals surface area contributed by atoms with Gasteiger partial charge in [-0.25, -0.2) is 4.79 Å². The molecule has 1 rings (SSSR count). The number of urea groups is 1. The summed E-state index contributed by atoms with van der Waals surface area (Å²) in [6.07, 6.45) is 0. The third-order valence-corrected chi connectivity index (χ3v) is 1.96. The third kappa shape index (κ3) is 3.53. The molecule has 5 nitrogen and oxygen atoms in total. The van der Waals surface area contributed by atoms with E-state index in [2.05, 4.69) is 10.2 Å². The smallest absolute Gasteiger partial charge is 0.356 e. The Kier molecular flexibility index (Phi) is 4.20. The van der Waals surface area contributed by atoms with Crippen LogP contribution in [0.2, 0.25) is 0 Å². The standard InChI is InChI=1S/C11H13N3O2/c1-8(15)10(7-13-14-11(12)16)9-5-3-2-4-6-9/h2-6,15H,7H2,1H3,(H2,12,16)/b10-8+,14-13?. The number of hydrogen-bond acceptors (Lipinski definition) is 3. The molecule has 0 aliphatic carbocycles. The van der Waals surface area contributed by atoms with E-state index in [1.165, 1.54) is 0 Å². The highest BCUT2D eigenvalue weighted by molar-refractivity contribution is 5.72. The van der Waals surface area contributed by atoms with Crippen LogP contribution >= 0.6 is 0 Å². The number of amides is 2. The molecule has 0 atom stereocenters. The van der Waals surface area contributed by atoms with Gasteiger partial charge in [-0.1, -0.05) is 35.4 Å². The number of benzene rings is 1. The molecule has 2 amide bonds. The van der Waals surface area contributed by atoms with Gasteiger partial charge in [-0.05, 0) is 12.5 Å². The van der Waals surface area contributed by atoms with Crippen molar-refractivity contribution in [2.45, 2.75) is 6.92 Å². The average Bonchev–Trinajstić information content (AvgIpc) is 2.25. The van der Waals surface area contributed by atoms with Crippen molar-refractivity contribution in [1.82, 2.24) is 0 Å². The first-order valence-corrected chi connectivity index (χ1v) is 4.72. The number of carbonyl (C=O) groups excluding carboxylic acids is 1. The molecule has 0 unspecified atom stereocenters. The van der Waals surface area contributed by atoms with E-state index in [4.69, 9.17) is 5.73 Å². The summed E-state index contributed by atoms with van der Waals surface area (Å²) in [5.41, 5.74) is 6.27. The Morgan fingerprint density at radius 3 is 2.50 bits per heavy atom. The summed E-state index contributed by atoms with van der Waals surface area (Å²) in [4.78, 5) is 10.4. The minimum atomic E-state index is -0.844. The van der Waals surface area contributed by atoms with E-state index >= 15 is 0 Å². The lowest BCUT2D eigenvalue weighted by molar-refractivity contribution is 0.255. The zero-order valence-electron chi connectivity index (χ0n) is 8.92. The largest absolute Gasteiger partial charge is 0.512 e. The second kappa shape index (κ2) is 5.65. The third-order valence-electron chi connectivity index (χ3n) is 1.96. The fraction of sp³-hybridized carbons (Fsp3) is 0.182. The Hall–Kier alpha value is -2.17. The molecular formula is C11H13N3O2. The SMILES string of the molecule is C/C(O)=C(/CN=NC(N)=O)c1ccccc1. The summed E-state index contributed by atoms with van der Waals surface area (Å²) in [5, 5.41) is 16.3. The van der Waals surface area contributed by atoms with E-state index in [0.29, 0.717) is 5.57 Å². The van der Waals surface area contributed by atoms with Gasteiger partial charge in [0.05, 0.1) is 12.3 Å². The first-order chi connectivity index (χ1) is 7.61. The van der Waals surface area contributed by atoms with Gasteiger partial charge >= 0.3 is 6.03 Å². The minimum absolute atomic E-state index is 0.120. The van der Waals surface area contributed by atoms with Crippen LogP contribution < -0.4 is 5.73 Å². The van der Waals surface area contributed by atoms with Crippen LogP contribution in [0.25, 0.3) is 5.57 Å². The second-order valence-corrected chi connectivity index (χ2v) is 3.17. The zero-order chi connectivity index (χ0) is 12.0. The highest BCUT2D eigenvalue weighted by Gasteiger charge is 2.04. The zero-order valence-corrected chi connectivity index (χ0v) is 8.92. The van der Waals surface area contributed by atoms with Gasteiger partial charge in [-0.2, -0.15) is 5.11 Å². The number of aliphatic hydroxyl groups excluding tert-OH is 1. The van der Waals surface area contributed by atoms with E-state index in [-0.39, 0.29) is 12.3 Å². The molecule has 0 aromatic heterocycles. The Balaban J connectivity index is 2.87. The number of nitrogens with zero attached hydrogens (tertiary/aromatic N) is 2. The molecule has 5 heteroatoms. The van der Waals surface area contributed by atoms with E-state index in [1.54, 1.807) is 6.92 Å². The number of allylic oxidation sites excluding steroid dienone is 1. The molecular weight excluding hydrogens is 206 g/mol. The van der Waals surface area contributed by atoms with Crippen LogP contribution in [0.3, 0.4) is 0 Å². The van der Waals surface area contributed by atoms with Gasteiger partial charge < -0.3 is 10.8 Å². The van der Waals surface area contributed by atoms with E-state index in [9.17, 15) is 9.90 Å². The molecule has 3 N–H and O–H groups in total. The fourth-order valence-corrected chi connectivity index (χ4v) is 1.23. The summed E-state index contributed by atoms with van der Waals surface area (Å²) in [7, 11) is 0. The molecule has 0 heterocycles. The highest BCUT2D eigenvalue weighted by atomic mass is 16.3. The summed E-state index contributed by atoms with van der Waals surface area (Å²) >= 11 is 0. The summed E-state index contributed by atoms with van der Waals surface area (Å²) in [6, 6.07) is 8.41. The van der Waals surface area contributed by atoms with Crippen molar-refractivity contribution in [2.75, 3.05) is 6.54 Å². The predicted octanol–water partition coefficient (Wildman–Crippen LogP) is 2.51. The molecule has 0 radical (unpaired) electrons. The van der Waals surface area contributed by atoms with Crippen molar-refractivity contribution in [3.63, 3.8) is 0 Å². The molecule has 84 valence electrons. The molecule has 1 aromatic carbocycles. The maximum Gasteiger partial charge on any atom is 0.356 e. The molecule has 0 saturated carbocycles. The van der Waals surface area contributed by atoms with E-state index < -0.39 is 6.03 Å². The molecule has 0 aliphatic heterocycles. The molecule has 1 aromatic rings. The maximum atomic E-state index is 10.4. The van der Waals surface area contributed by atoms with Crippen LogP contribution in [-0.2, 0) is 0 Å². The van der Waals surface area contributed by atoms with Crippen LogP contribution in [0.4, 0.5) is 4.79 Å². The van der Waals surface area contributed by atoms with Crippen molar-refractivity contribution in [3.05, 3.63) is 41.7 Å². The molecule has 0 spiro atoms. The molecule has 0 fully saturated rings. The summed E-state index contributed by atoms with van der Waals surface area (Å²) in [5.74, 6) is 0.148. The highest BCUT2D eigenvalue weighted by Crippen LogP contribution is 2.17. The van der Waals surface area contributed by atoms with Crippen LogP contribution in [0.5, 0.6) is 0 Å².